The fourth-order valence-electron chi connectivity index (χ4n) is 3.66. The molecule has 1 fully saturated rings. The third-order valence-corrected chi connectivity index (χ3v) is 5.52. The molecule has 1 unspecified atom stereocenters. The second kappa shape index (κ2) is 9.96. The summed E-state index contributed by atoms with van der Waals surface area (Å²) in [4.78, 5) is 12.7. The van der Waals surface area contributed by atoms with Gasteiger partial charge in [0.2, 0.25) is 5.95 Å². The van der Waals surface area contributed by atoms with Crippen molar-refractivity contribution in [1.82, 2.24) is 14.9 Å². The molecule has 1 atom stereocenters. The molecule has 162 valence electrons. The van der Waals surface area contributed by atoms with Gasteiger partial charge in [-0.15, -0.1) is 0 Å². The van der Waals surface area contributed by atoms with Gasteiger partial charge >= 0.3 is 0 Å². The summed E-state index contributed by atoms with van der Waals surface area (Å²) >= 11 is 6.10. The number of hydrogen-bond acceptors (Lipinski definition) is 7. The van der Waals surface area contributed by atoms with Crippen LogP contribution in [0.1, 0.15) is 0 Å². The molecule has 1 aromatic heterocycles. The number of β-amino-alcohol motifs (C(OH)–C–C–N with tert-alkyl or cyclic N) is 1. The van der Waals surface area contributed by atoms with Gasteiger partial charge in [0, 0.05) is 55.2 Å². The lowest BCUT2D eigenvalue weighted by Gasteiger charge is -2.36. The predicted octanol–water partition coefficient (Wildman–Crippen LogP) is 2.94. The lowest BCUT2D eigenvalue weighted by molar-refractivity contribution is 0.0663. The number of anilines is 2. The Hall–Kier alpha value is -2.87. The van der Waals surface area contributed by atoms with E-state index in [-0.39, 0.29) is 12.6 Å². The Kier molecular flexibility index (Phi) is 6.86. The van der Waals surface area contributed by atoms with Gasteiger partial charge in [0.1, 0.15) is 18.5 Å². The van der Waals surface area contributed by atoms with E-state index in [1.165, 1.54) is 0 Å². The molecule has 1 aliphatic heterocycles. The van der Waals surface area contributed by atoms with Crippen LogP contribution in [-0.2, 0) is 0 Å². The van der Waals surface area contributed by atoms with Crippen molar-refractivity contribution in [1.29, 1.82) is 0 Å². The standard InChI is InChI=1S/C23H26ClN5O2/c24-18-2-1-3-19(14-18)29-12-10-28(11-13-29)15-20(30)16-31-21-6-4-17(5-7-21)22-8-9-26-23(25)27-22/h1-9,14,20,30H,10-13,15-16H2,(H2,25,26,27). The van der Waals surface area contributed by atoms with Crippen molar-refractivity contribution in [3.8, 4) is 17.0 Å². The normalized spacial score (nSPS) is 15.6. The van der Waals surface area contributed by atoms with Gasteiger partial charge in [-0.05, 0) is 48.5 Å². The molecule has 8 heteroatoms. The topological polar surface area (TPSA) is 87.7 Å². The highest BCUT2D eigenvalue weighted by Crippen LogP contribution is 2.22. The summed E-state index contributed by atoms with van der Waals surface area (Å²) < 4.78 is 5.77. The van der Waals surface area contributed by atoms with Gasteiger partial charge in [0.05, 0.1) is 5.69 Å². The highest BCUT2D eigenvalue weighted by molar-refractivity contribution is 6.30. The number of aromatic nitrogens is 2. The van der Waals surface area contributed by atoms with E-state index in [4.69, 9.17) is 22.1 Å². The van der Waals surface area contributed by atoms with Crippen LogP contribution in [0.2, 0.25) is 5.02 Å². The minimum absolute atomic E-state index is 0.244. The number of piperazine rings is 1. The van der Waals surface area contributed by atoms with E-state index in [2.05, 4.69) is 25.8 Å². The third kappa shape index (κ3) is 5.85. The SMILES string of the molecule is Nc1nccc(-c2ccc(OCC(O)CN3CCN(c4cccc(Cl)c4)CC3)cc2)n1. The maximum Gasteiger partial charge on any atom is 0.220 e. The van der Waals surface area contributed by atoms with Crippen LogP contribution in [0.3, 0.4) is 0 Å². The van der Waals surface area contributed by atoms with Crippen LogP contribution >= 0.6 is 11.6 Å². The third-order valence-electron chi connectivity index (χ3n) is 5.28. The number of benzene rings is 2. The maximum atomic E-state index is 10.4. The quantitative estimate of drug-likeness (QED) is 0.585. The average molecular weight is 440 g/mol. The first-order valence-corrected chi connectivity index (χ1v) is 10.7. The fraction of sp³-hybridized carbons (Fsp3) is 0.304. The molecule has 3 N–H and O–H groups in total. The Labute approximate surface area is 187 Å². The fourth-order valence-corrected chi connectivity index (χ4v) is 3.85. The van der Waals surface area contributed by atoms with E-state index in [1.54, 1.807) is 6.20 Å². The lowest BCUT2D eigenvalue weighted by atomic mass is 10.1. The second-order valence-electron chi connectivity index (χ2n) is 7.56. The Morgan fingerprint density at radius 1 is 1.06 bits per heavy atom. The largest absolute Gasteiger partial charge is 0.491 e. The summed E-state index contributed by atoms with van der Waals surface area (Å²) in [5, 5.41) is 11.2. The van der Waals surface area contributed by atoms with Gasteiger partial charge in [-0.1, -0.05) is 17.7 Å². The first-order valence-electron chi connectivity index (χ1n) is 10.3. The number of aliphatic hydroxyl groups is 1. The molecule has 2 heterocycles. The number of hydrogen-bond donors (Lipinski definition) is 2. The molecule has 1 aliphatic rings. The molecule has 0 aliphatic carbocycles. The van der Waals surface area contributed by atoms with Crippen LogP contribution in [0, 0.1) is 0 Å². The van der Waals surface area contributed by atoms with Gasteiger partial charge < -0.3 is 20.5 Å². The molecule has 2 aromatic carbocycles. The van der Waals surface area contributed by atoms with Gasteiger partial charge in [-0.3, -0.25) is 4.90 Å². The summed E-state index contributed by atoms with van der Waals surface area (Å²) in [5.41, 5.74) is 8.47. The molecule has 0 bridgehead atoms. The summed E-state index contributed by atoms with van der Waals surface area (Å²) in [6.45, 7) is 4.42. The van der Waals surface area contributed by atoms with Gasteiger partial charge in [0.15, 0.2) is 0 Å². The van der Waals surface area contributed by atoms with E-state index in [0.29, 0.717) is 12.3 Å². The molecule has 0 saturated carbocycles. The molecule has 0 spiro atoms. The highest BCUT2D eigenvalue weighted by Gasteiger charge is 2.20. The Bertz CT molecular complexity index is 993. The minimum atomic E-state index is -0.556. The van der Waals surface area contributed by atoms with Crippen molar-refractivity contribution in [2.75, 3.05) is 50.0 Å². The number of rotatable bonds is 7. The zero-order chi connectivity index (χ0) is 21.6. The van der Waals surface area contributed by atoms with Crippen LogP contribution < -0.4 is 15.4 Å². The van der Waals surface area contributed by atoms with Crippen LogP contribution in [0.25, 0.3) is 11.3 Å². The average Bonchev–Trinajstić information content (AvgIpc) is 2.79. The second-order valence-corrected chi connectivity index (χ2v) is 7.99. The smallest absolute Gasteiger partial charge is 0.220 e. The van der Waals surface area contributed by atoms with Gasteiger partial charge in [0.25, 0.3) is 0 Å². The molecule has 4 rings (SSSR count). The first-order chi connectivity index (χ1) is 15.1. The lowest BCUT2D eigenvalue weighted by Crippen LogP contribution is -2.49. The highest BCUT2D eigenvalue weighted by atomic mass is 35.5. The van der Waals surface area contributed by atoms with Crippen LogP contribution in [0.5, 0.6) is 5.75 Å². The number of ether oxygens (including phenoxy) is 1. The molecule has 3 aromatic rings. The zero-order valence-electron chi connectivity index (χ0n) is 17.2. The monoisotopic (exact) mass is 439 g/mol. The molecule has 1 saturated heterocycles. The summed E-state index contributed by atoms with van der Waals surface area (Å²) in [5.74, 6) is 0.949. The van der Waals surface area contributed by atoms with Crippen molar-refractivity contribution in [3.63, 3.8) is 0 Å². The van der Waals surface area contributed by atoms with Crippen molar-refractivity contribution in [3.05, 3.63) is 65.8 Å². The molecular weight excluding hydrogens is 414 g/mol. The van der Waals surface area contributed by atoms with E-state index in [1.807, 2.05) is 48.5 Å². The predicted molar refractivity (Wildman–Crippen MR) is 123 cm³/mol. The first kappa shape index (κ1) is 21.4. The Morgan fingerprint density at radius 3 is 2.55 bits per heavy atom. The molecular formula is C23H26ClN5O2. The molecule has 31 heavy (non-hydrogen) atoms. The van der Waals surface area contributed by atoms with Crippen LogP contribution in [-0.4, -0.2) is 65.4 Å². The minimum Gasteiger partial charge on any atom is -0.491 e. The number of nitrogens with two attached hydrogens (primary N) is 1. The summed E-state index contributed by atoms with van der Waals surface area (Å²) in [6.07, 6.45) is 1.08. The van der Waals surface area contributed by atoms with Crippen molar-refractivity contribution < 1.29 is 9.84 Å². The Morgan fingerprint density at radius 2 is 1.84 bits per heavy atom. The Balaban J connectivity index is 1.22. The number of halogens is 1. The number of nitrogen functional groups attached to an aromatic ring is 1. The van der Waals surface area contributed by atoms with E-state index in [9.17, 15) is 5.11 Å². The van der Waals surface area contributed by atoms with Gasteiger partial charge in [-0.2, -0.15) is 0 Å². The maximum absolute atomic E-state index is 10.4. The van der Waals surface area contributed by atoms with Crippen molar-refractivity contribution in [2.45, 2.75) is 6.10 Å². The number of aliphatic hydroxyl groups excluding tert-OH is 1. The van der Waals surface area contributed by atoms with E-state index >= 15 is 0 Å². The van der Waals surface area contributed by atoms with Crippen molar-refractivity contribution >= 4 is 23.2 Å². The molecule has 7 nitrogen and oxygen atoms in total. The van der Waals surface area contributed by atoms with Crippen molar-refractivity contribution in [2.24, 2.45) is 0 Å². The number of nitrogens with zero attached hydrogens (tertiary/aromatic N) is 4. The zero-order valence-corrected chi connectivity index (χ0v) is 17.9. The summed E-state index contributed by atoms with van der Waals surface area (Å²) in [7, 11) is 0. The summed E-state index contributed by atoms with van der Waals surface area (Å²) in [6, 6.07) is 17.3. The van der Waals surface area contributed by atoms with Crippen LogP contribution in [0.4, 0.5) is 11.6 Å². The van der Waals surface area contributed by atoms with E-state index in [0.717, 1.165) is 48.1 Å². The van der Waals surface area contributed by atoms with Crippen LogP contribution in [0.15, 0.2) is 60.8 Å². The van der Waals surface area contributed by atoms with Gasteiger partial charge in [-0.25, -0.2) is 9.97 Å². The molecule has 0 radical (unpaired) electrons. The molecule has 0 amide bonds. The van der Waals surface area contributed by atoms with E-state index < -0.39 is 6.10 Å².